The van der Waals surface area contributed by atoms with Crippen LogP contribution in [0.5, 0.6) is 0 Å². The van der Waals surface area contributed by atoms with E-state index < -0.39 is 49.5 Å². The van der Waals surface area contributed by atoms with Crippen molar-refractivity contribution in [3.8, 4) is 0 Å². The zero-order valence-corrected chi connectivity index (χ0v) is 48.3. The molecule has 0 saturated carbocycles. The Morgan fingerprint density at radius 1 is 0.467 bits per heavy atom. The van der Waals surface area contributed by atoms with Crippen LogP contribution in [0.15, 0.2) is 85.1 Å². The van der Waals surface area contributed by atoms with Gasteiger partial charge < -0.3 is 40.3 Å². The molecule has 7 atom stereocenters. The zero-order valence-electron chi connectivity index (χ0n) is 48.3. The van der Waals surface area contributed by atoms with Crippen LogP contribution in [-0.2, 0) is 14.3 Å². The van der Waals surface area contributed by atoms with Crippen molar-refractivity contribution in [1.29, 1.82) is 0 Å². The maximum atomic E-state index is 13.1. The van der Waals surface area contributed by atoms with E-state index in [9.17, 15) is 30.3 Å². The van der Waals surface area contributed by atoms with E-state index in [1.165, 1.54) is 180 Å². The Kier molecular flexibility index (Phi) is 51.3. The van der Waals surface area contributed by atoms with Crippen LogP contribution in [0.3, 0.4) is 0 Å². The maximum absolute atomic E-state index is 13.1. The topological polar surface area (TPSA) is 149 Å². The Hall–Kier alpha value is -2.63. The van der Waals surface area contributed by atoms with Gasteiger partial charge in [-0.3, -0.25) is 4.79 Å². The number of rotatable bonds is 53. The molecule has 9 heteroatoms. The van der Waals surface area contributed by atoms with Crippen LogP contribution in [0.1, 0.15) is 271 Å². The number of amides is 1. The van der Waals surface area contributed by atoms with E-state index in [0.29, 0.717) is 6.42 Å². The molecule has 0 aromatic heterocycles. The van der Waals surface area contributed by atoms with Crippen LogP contribution in [0.25, 0.3) is 0 Å². The first-order valence-corrected chi connectivity index (χ1v) is 31.3. The summed E-state index contributed by atoms with van der Waals surface area (Å²) in [6, 6.07) is -0.825. The van der Waals surface area contributed by atoms with Gasteiger partial charge in [-0.1, -0.05) is 272 Å². The van der Waals surface area contributed by atoms with Crippen molar-refractivity contribution >= 4 is 5.91 Å². The number of unbranched alkanes of at least 4 members (excludes halogenated alkanes) is 31. The number of aliphatic hydroxyl groups is 5. The third-order valence-corrected chi connectivity index (χ3v) is 14.5. The minimum Gasteiger partial charge on any atom is -0.394 e. The van der Waals surface area contributed by atoms with E-state index >= 15 is 0 Å². The second-order valence-electron chi connectivity index (χ2n) is 21.5. The fraction of sp³-hybridized carbons (Fsp3) is 0.773. The highest BCUT2D eigenvalue weighted by Gasteiger charge is 2.44. The second-order valence-corrected chi connectivity index (χ2v) is 21.5. The summed E-state index contributed by atoms with van der Waals surface area (Å²) < 4.78 is 11.3. The molecule has 1 amide bonds. The SMILES string of the molecule is CC/C=C\C/C=C\C/C=C\C/C=C\C/C=C\CCCCCCCCCCCCCCCCCCCC(=O)NC(COC1OC(CO)C(O)C(O)C1O)C(O)/C=C/CC/C=C/CCCCCCCCCCCCCCC. The minimum atomic E-state index is -1.57. The number of hydrogen-bond acceptors (Lipinski definition) is 8. The normalized spacial score (nSPS) is 19.5. The van der Waals surface area contributed by atoms with E-state index in [1.807, 2.05) is 6.08 Å². The fourth-order valence-electron chi connectivity index (χ4n) is 9.55. The number of nitrogens with one attached hydrogen (secondary N) is 1. The lowest BCUT2D eigenvalue weighted by molar-refractivity contribution is -0.302. The first-order valence-electron chi connectivity index (χ1n) is 31.3. The second kappa shape index (κ2) is 54.7. The number of ether oxygens (including phenoxy) is 2. The molecule has 7 unspecified atom stereocenters. The Morgan fingerprint density at radius 3 is 1.28 bits per heavy atom. The third-order valence-electron chi connectivity index (χ3n) is 14.5. The van der Waals surface area contributed by atoms with Gasteiger partial charge in [-0.15, -0.1) is 0 Å². The molecule has 9 nitrogen and oxygen atoms in total. The molecule has 0 aliphatic carbocycles. The molecule has 0 radical (unpaired) electrons. The average molecular weight is 1050 g/mol. The van der Waals surface area contributed by atoms with Gasteiger partial charge in [0.1, 0.15) is 24.4 Å². The Labute approximate surface area is 461 Å². The van der Waals surface area contributed by atoms with E-state index in [0.717, 1.165) is 70.6 Å². The molecular weight excluding hydrogens is 935 g/mol. The summed E-state index contributed by atoms with van der Waals surface area (Å²) in [6.07, 6.45) is 70.9. The predicted molar refractivity (Wildman–Crippen MR) is 318 cm³/mol. The summed E-state index contributed by atoms with van der Waals surface area (Å²) in [5.41, 5.74) is 0. The number of carbonyl (C=O) groups excluding carboxylic acids is 1. The third kappa shape index (κ3) is 44.0. The smallest absolute Gasteiger partial charge is 0.220 e. The van der Waals surface area contributed by atoms with E-state index in [-0.39, 0.29) is 12.5 Å². The van der Waals surface area contributed by atoms with Gasteiger partial charge in [0.25, 0.3) is 0 Å². The standard InChI is InChI=1S/C66H117NO8/c1-3-5-7-9-11-13-15-17-19-21-23-24-25-26-27-28-29-30-31-32-33-34-35-36-38-40-42-44-46-48-50-52-54-56-62(70)67-59(58-74-66-65(73)64(72)63(71)61(57-68)75-66)60(69)55-53-51-49-47-45-43-41-39-37-22-20-18-16-14-12-10-8-6-4-2/h5,7,11,13,17,19,23-24,26-27,45,47,53,55,59-61,63-66,68-69,71-73H,3-4,6,8-10,12,14-16,18,20-22,25,28-44,46,48-52,54,56-58H2,1-2H3,(H,67,70)/b7-5-,13-11-,19-17-,24-23-,27-26-,47-45+,55-53+. The lowest BCUT2D eigenvalue weighted by Gasteiger charge is -2.40. The maximum Gasteiger partial charge on any atom is 0.220 e. The summed E-state index contributed by atoms with van der Waals surface area (Å²) in [5.74, 6) is -0.186. The van der Waals surface area contributed by atoms with Crippen LogP contribution < -0.4 is 5.32 Å². The largest absolute Gasteiger partial charge is 0.394 e. The lowest BCUT2D eigenvalue weighted by Crippen LogP contribution is -2.60. The molecule has 1 aliphatic heterocycles. The molecular formula is C66H117NO8. The van der Waals surface area contributed by atoms with E-state index in [2.05, 4.69) is 92.1 Å². The van der Waals surface area contributed by atoms with Crippen molar-refractivity contribution in [1.82, 2.24) is 5.32 Å². The fourth-order valence-corrected chi connectivity index (χ4v) is 9.55. The highest BCUT2D eigenvalue weighted by molar-refractivity contribution is 5.76. The summed E-state index contributed by atoms with van der Waals surface area (Å²) in [5, 5.41) is 54.6. The van der Waals surface area contributed by atoms with Gasteiger partial charge in [0, 0.05) is 6.42 Å². The summed E-state index contributed by atoms with van der Waals surface area (Å²) in [7, 11) is 0. The molecule has 0 aromatic rings. The monoisotopic (exact) mass is 1050 g/mol. The highest BCUT2D eigenvalue weighted by atomic mass is 16.7. The van der Waals surface area contributed by atoms with Crippen LogP contribution in [0.2, 0.25) is 0 Å². The van der Waals surface area contributed by atoms with Crippen LogP contribution in [0, 0.1) is 0 Å². The number of aliphatic hydroxyl groups excluding tert-OH is 5. The summed E-state index contributed by atoms with van der Waals surface area (Å²) in [4.78, 5) is 13.1. The predicted octanol–water partition coefficient (Wildman–Crippen LogP) is 16.2. The van der Waals surface area contributed by atoms with E-state index in [4.69, 9.17) is 9.47 Å². The summed E-state index contributed by atoms with van der Waals surface area (Å²) >= 11 is 0. The average Bonchev–Trinajstić information content (AvgIpc) is 3.41. The molecule has 1 fully saturated rings. The van der Waals surface area contributed by atoms with Crippen molar-refractivity contribution in [2.24, 2.45) is 0 Å². The van der Waals surface area contributed by atoms with Crippen molar-refractivity contribution in [2.75, 3.05) is 13.2 Å². The number of hydrogen-bond donors (Lipinski definition) is 6. The van der Waals surface area contributed by atoms with Crippen LogP contribution >= 0.6 is 0 Å². The van der Waals surface area contributed by atoms with Gasteiger partial charge in [0.15, 0.2) is 6.29 Å². The number of carbonyl (C=O) groups is 1. The molecule has 0 spiro atoms. The quantitative estimate of drug-likeness (QED) is 0.0261. The zero-order chi connectivity index (χ0) is 54.3. The molecule has 0 aromatic carbocycles. The molecule has 434 valence electrons. The Morgan fingerprint density at radius 2 is 0.840 bits per heavy atom. The van der Waals surface area contributed by atoms with Crippen molar-refractivity contribution < 1.29 is 39.8 Å². The molecule has 1 saturated heterocycles. The van der Waals surface area contributed by atoms with Gasteiger partial charge in [0.05, 0.1) is 25.4 Å². The van der Waals surface area contributed by atoms with Crippen molar-refractivity contribution in [3.05, 3.63) is 85.1 Å². The van der Waals surface area contributed by atoms with E-state index in [1.54, 1.807) is 6.08 Å². The van der Waals surface area contributed by atoms with Crippen molar-refractivity contribution in [3.63, 3.8) is 0 Å². The van der Waals surface area contributed by atoms with Gasteiger partial charge in [-0.05, 0) is 77.0 Å². The molecule has 1 aliphatic rings. The van der Waals surface area contributed by atoms with Crippen molar-refractivity contribution in [2.45, 2.75) is 314 Å². The van der Waals surface area contributed by atoms with Gasteiger partial charge >= 0.3 is 0 Å². The minimum absolute atomic E-state index is 0.186. The first kappa shape index (κ1) is 70.4. The van der Waals surface area contributed by atoms with Gasteiger partial charge in [-0.25, -0.2) is 0 Å². The summed E-state index contributed by atoms with van der Waals surface area (Å²) in [6.45, 7) is 3.67. The van der Waals surface area contributed by atoms with Crippen LogP contribution in [-0.4, -0.2) is 87.5 Å². The molecule has 75 heavy (non-hydrogen) atoms. The lowest BCUT2D eigenvalue weighted by atomic mass is 9.99. The first-order chi connectivity index (χ1) is 36.8. The van der Waals surface area contributed by atoms with Gasteiger partial charge in [-0.2, -0.15) is 0 Å². The highest BCUT2D eigenvalue weighted by Crippen LogP contribution is 2.23. The molecule has 0 bridgehead atoms. The Bertz CT molecular complexity index is 1450. The molecule has 6 N–H and O–H groups in total. The molecule has 1 heterocycles. The molecule has 1 rings (SSSR count). The number of allylic oxidation sites excluding steroid dienone is 13. The Balaban J connectivity index is 2.16. The van der Waals surface area contributed by atoms with Crippen LogP contribution in [0.4, 0.5) is 0 Å². The van der Waals surface area contributed by atoms with Gasteiger partial charge in [0.2, 0.25) is 5.91 Å².